The number of ether oxygens (including phenoxy) is 1. The summed E-state index contributed by atoms with van der Waals surface area (Å²) in [5, 5.41) is 0. The quantitative estimate of drug-likeness (QED) is 0.813. The van der Waals surface area contributed by atoms with Crippen molar-refractivity contribution in [3.63, 3.8) is 0 Å². The molecule has 1 unspecified atom stereocenters. The first-order valence-corrected chi connectivity index (χ1v) is 9.18. The molecular weight excluding hydrogens is 292 g/mol. The second kappa shape index (κ2) is 6.04. The van der Waals surface area contributed by atoms with E-state index in [0.717, 1.165) is 63.6 Å². The predicted molar refractivity (Wildman–Crippen MR) is 78.1 cm³/mol. The minimum atomic E-state index is -3.17. The molecule has 7 nitrogen and oxygen atoms in total. The summed E-state index contributed by atoms with van der Waals surface area (Å²) >= 11 is 0. The van der Waals surface area contributed by atoms with Crippen molar-refractivity contribution < 1.29 is 13.2 Å². The van der Waals surface area contributed by atoms with Gasteiger partial charge in [0.15, 0.2) is 0 Å². The molecule has 0 amide bonds. The summed E-state index contributed by atoms with van der Waals surface area (Å²) in [6, 6.07) is 0. The summed E-state index contributed by atoms with van der Waals surface area (Å²) in [7, 11) is -3.17. The molecule has 1 saturated heterocycles. The van der Waals surface area contributed by atoms with Crippen molar-refractivity contribution in [2.45, 2.75) is 26.1 Å². The van der Waals surface area contributed by atoms with E-state index in [4.69, 9.17) is 4.74 Å². The molecule has 0 aromatic carbocycles. The van der Waals surface area contributed by atoms with Gasteiger partial charge in [-0.2, -0.15) is 0 Å². The van der Waals surface area contributed by atoms with Crippen molar-refractivity contribution in [1.82, 2.24) is 19.2 Å². The third-order valence-electron chi connectivity index (χ3n) is 3.99. The smallest absolute Gasteiger partial charge is 0.209 e. The van der Waals surface area contributed by atoms with Gasteiger partial charge in [-0.3, -0.25) is 4.90 Å². The third-order valence-corrected chi connectivity index (χ3v) is 4.66. The lowest BCUT2D eigenvalue weighted by Gasteiger charge is -2.29. The number of hydrogen-bond donors (Lipinski definition) is 1. The fraction of sp³-hybridized carbons (Fsp3) is 0.769. The van der Waals surface area contributed by atoms with Crippen LogP contribution in [-0.2, 0) is 34.4 Å². The number of aromatic nitrogens is 2. The highest BCUT2D eigenvalue weighted by molar-refractivity contribution is 7.88. The van der Waals surface area contributed by atoms with E-state index in [2.05, 4.69) is 19.2 Å². The van der Waals surface area contributed by atoms with Gasteiger partial charge in [-0.25, -0.2) is 18.1 Å². The van der Waals surface area contributed by atoms with E-state index in [1.54, 1.807) is 0 Å². The molecule has 0 saturated carbocycles. The molecule has 3 rings (SSSR count). The molecule has 1 fully saturated rings. The molecule has 0 aliphatic carbocycles. The Bertz CT molecular complexity index is 593. The van der Waals surface area contributed by atoms with Crippen molar-refractivity contribution in [2.24, 2.45) is 5.92 Å². The highest BCUT2D eigenvalue weighted by Crippen LogP contribution is 2.18. The topological polar surface area (TPSA) is 76.5 Å². The molecule has 8 heteroatoms. The van der Waals surface area contributed by atoms with Crippen LogP contribution < -0.4 is 4.72 Å². The zero-order valence-corrected chi connectivity index (χ0v) is 13.1. The molecule has 1 N–H and O–H groups in total. The van der Waals surface area contributed by atoms with E-state index in [9.17, 15) is 8.42 Å². The van der Waals surface area contributed by atoms with Crippen molar-refractivity contribution in [1.29, 1.82) is 0 Å². The van der Waals surface area contributed by atoms with Gasteiger partial charge >= 0.3 is 0 Å². The molecule has 2 aliphatic heterocycles. The van der Waals surface area contributed by atoms with Crippen LogP contribution in [0.4, 0.5) is 0 Å². The SMILES string of the molecule is CS(=O)(=O)NCc1cn2c(n1)CN(CC1CCOC1)CC2. The molecule has 1 aromatic rings. The first-order chi connectivity index (χ1) is 9.99. The summed E-state index contributed by atoms with van der Waals surface area (Å²) in [4.78, 5) is 6.95. The van der Waals surface area contributed by atoms with Crippen LogP contribution in [0.5, 0.6) is 0 Å². The molecule has 3 heterocycles. The van der Waals surface area contributed by atoms with Crippen molar-refractivity contribution >= 4 is 10.0 Å². The van der Waals surface area contributed by atoms with Gasteiger partial charge in [0.25, 0.3) is 0 Å². The fourth-order valence-electron chi connectivity index (χ4n) is 2.90. The highest BCUT2D eigenvalue weighted by Gasteiger charge is 2.23. The zero-order valence-electron chi connectivity index (χ0n) is 12.3. The van der Waals surface area contributed by atoms with Gasteiger partial charge in [-0.1, -0.05) is 0 Å². The number of imidazole rings is 1. The first-order valence-electron chi connectivity index (χ1n) is 7.29. The van der Waals surface area contributed by atoms with Crippen LogP contribution in [0.15, 0.2) is 6.20 Å². The average Bonchev–Trinajstić information content (AvgIpc) is 3.04. The summed E-state index contributed by atoms with van der Waals surface area (Å²) in [5.41, 5.74) is 0.779. The summed E-state index contributed by atoms with van der Waals surface area (Å²) in [6.07, 6.45) is 4.26. The molecule has 1 atom stereocenters. The normalized spacial score (nSPS) is 23.4. The van der Waals surface area contributed by atoms with Gasteiger partial charge < -0.3 is 9.30 Å². The molecule has 118 valence electrons. The molecule has 1 aromatic heterocycles. The van der Waals surface area contributed by atoms with Crippen LogP contribution in [0.2, 0.25) is 0 Å². The Balaban J connectivity index is 1.59. The van der Waals surface area contributed by atoms with E-state index >= 15 is 0 Å². The average molecular weight is 314 g/mol. The van der Waals surface area contributed by atoms with Gasteiger partial charge in [0.05, 0.1) is 31.6 Å². The Morgan fingerprint density at radius 3 is 3.05 bits per heavy atom. The summed E-state index contributed by atoms with van der Waals surface area (Å²) in [6.45, 7) is 5.82. The maximum atomic E-state index is 11.1. The van der Waals surface area contributed by atoms with Crippen molar-refractivity contribution in [3.8, 4) is 0 Å². The van der Waals surface area contributed by atoms with Crippen LogP contribution in [0.25, 0.3) is 0 Å². The number of nitrogens with one attached hydrogen (secondary N) is 1. The maximum Gasteiger partial charge on any atom is 0.209 e. The minimum Gasteiger partial charge on any atom is -0.381 e. The minimum absolute atomic E-state index is 0.259. The lowest BCUT2D eigenvalue weighted by molar-refractivity contribution is 0.152. The van der Waals surface area contributed by atoms with E-state index in [1.165, 1.54) is 0 Å². The standard InChI is InChI=1S/C13H22N4O3S/c1-21(18,19)14-6-12-8-17-4-3-16(9-13(17)15-12)7-11-2-5-20-10-11/h8,11,14H,2-7,9-10H2,1H3. The van der Waals surface area contributed by atoms with E-state index in [0.29, 0.717) is 5.92 Å². The van der Waals surface area contributed by atoms with E-state index in [-0.39, 0.29) is 6.54 Å². The molecular formula is C13H22N4O3S. The van der Waals surface area contributed by atoms with Gasteiger partial charge in [-0.15, -0.1) is 0 Å². The van der Waals surface area contributed by atoms with Gasteiger partial charge in [-0.05, 0) is 12.3 Å². The summed E-state index contributed by atoms with van der Waals surface area (Å²) < 4.78 is 32.3. The van der Waals surface area contributed by atoms with Crippen LogP contribution in [-0.4, -0.2) is 55.4 Å². The van der Waals surface area contributed by atoms with Gasteiger partial charge in [0, 0.05) is 32.4 Å². The number of fused-ring (bicyclic) bond motifs is 1. The molecule has 0 bridgehead atoms. The summed E-state index contributed by atoms with van der Waals surface area (Å²) in [5.74, 6) is 1.66. The van der Waals surface area contributed by atoms with Crippen molar-refractivity contribution in [2.75, 3.05) is 32.6 Å². The van der Waals surface area contributed by atoms with Crippen LogP contribution >= 0.6 is 0 Å². The number of sulfonamides is 1. The lowest BCUT2D eigenvalue weighted by atomic mass is 10.1. The van der Waals surface area contributed by atoms with E-state index in [1.807, 2.05) is 6.20 Å². The molecule has 0 spiro atoms. The molecule has 2 aliphatic rings. The number of nitrogens with zero attached hydrogens (tertiary/aromatic N) is 3. The second-order valence-corrected chi connectivity index (χ2v) is 7.73. The third kappa shape index (κ3) is 4.03. The monoisotopic (exact) mass is 314 g/mol. The highest BCUT2D eigenvalue weighted by atomic mass is 32.2. The molecule has 21 heavy (non-hydrogen) atoms. The van der Waals surface area contributed by atoms with Crippen LogP contribution in [0.1, 0.15) is 17.9 Å². The van der Waals surface area contributed by atoms with Crippen molar-refractivity contribution in [3.05, 3.63) is 17.7 Å². The maximum absolute atomic E-state index is 11.1. The van der Waals surface area contributed by atoms with E-state index < -0.39 is 10.0 Å². The largest absolute Gasteiger partial charge is 0.381 e. The second-order valence-electron chi connectivity index (χ2n) is 5.90. The number of rotatable bonds is 5. The van der Waals surface area contributed by atoms with Crippen LogP contribution in [0, 0.1) is 5.92 Å². The Morgan fingerprint density at radius 1 is 1.48 bits per heavy atom. The first kappa shape index (κ1) is 15.0. The Kier molecular flexibility index (Phi) is 4.30. The number of hydrogen-bond acceptors (Lipinski definition) is 5. The fourth-order valence-corrected chi connectivity index (χ4v) is 3.31. The molecule has 0 radical (unpaired) electrons. The predicted octanol–water partition coefficient (Wildman–Crippen LogP) is -0.216. The van der Waals surface area contributed by atoms with Gasteiger partial charge in [0.2, 0.25) is 10.0 Å². The van der Waals surface area contributed by atoms with Crippen LogP contribution in [0.3, 0.4) is 0 Å². The Morgan fingerprint density at radius 2 is 2.33 bits per heavy atom. The Labute approximate surface area is 125 Å². The van der Waals surface area contributed by atoms with Gasteiger partial charge in [0.1, 0.15) is 5.82 Å². The zero-order chi connectivity index (χ0) is 14.9. The lowest BCUT2D eigenvalue weighted by Crippen LogP contribution is -2.37. The Hall–Kier alpha value is -0.960.